The Morgan fingerprint density at radius 3 is 2.08 bits per heavy atom. The summed E-state index contributed by atoms with van der Waals surface area (Å²) in [6.07, 6.45) is 8.00. The lowest BCUT2D eigenvalue weighted by molar-refractivity contribution is -0.120. The third-order valence-corrected chi connectivity index (χ3v) is 4.52. The minimum Gasteiger partial charge on any atom is -0.493 e. The average molecular weight is 364 g/mol. The molecule has 0 bridgehead atoms. The minimum atomic E-state index is -0.611. The van der Waals surface area contributed by atoms with Crippen molar-refractivity contribution in [3.05, 3.63) is 17.7 Å². The number of hydrogen-bond donors (Lipinski definition) is 2. The molecule has 0 aromatic heterocycles. The van der Waals surface area contributed by atoms with Crippen LogP contribution in [0.25, 0.3) is 0 Å². The predicted octanol–water partition coefficient (Wildman–Crippen LogP) is 2.41. The zero-order valence-corrected chi connectivity index (χ0v) is 15.5. The van der Waals surface area contributed by atoms with Gasteiger partial charge in [-0.1, -0.05) is 32.1 Å². The lowest BCUT2D eigenvalue weighted by atomic mass is 9.96. The van der Waals surface area contributed by atoms with E-state index in [4.69, 9.17) is 19.9 Å². The van der Waals surface area contributed by atoms with Gasteiger partial charge in [-0.15, -0.1) is 0 Å². The average Bonchev–Trinajstić information content (AvgIpc) is 2.61. The van der Waals surface area contributed by atoms with Crippen molar-refractivity contribution >= 4 is 11.8 Å². The maximum atomic E-state index is 12.7. The molecule has 0 aliphatic heterocycles. The highest BCUT2D eigenvalue weighted by Gasteiger charge is 2.20. The van der Waals surface area contributed by atoms with E-state index in [-0.39, 0.29) is 24.3 Å². The van der Waals surface area contributed by atoms with Gasteiger partial charge in [-0.3, -0.25) is 9.59 Å². The van der Waals surface area contributed by atoms with Crippen molar-refractivity contribution in [2.24, 2.45) is 5.73 Å². The molecule has 144 valence electrons. The molecule has 2 amide bonds. The number of hydrogen-bond acceptors (Lipinski definition) is 5. The number of methoxy groups -OCH3 is 2. The van der Waals surface area contributed by atoms with Gasteiger partial charge in [0.1, 0.15) is 0 Å². The zero-order chi connectivity index (χ0) is 18.9. The Morgan fingerprint density at radius 2 is 1.58 bits per heavy atom. The van der Waals surface area contributed by atoms with Crippen LogP contribution < -0.4 is 25.3 Å². The zero-order valence-electron chi connectivity index (χ0n) is 15.5. The number of nitrogens with one attached hydrogen (secondary N) is 1. The molecule has 0 unspecified atom stereocenters. The number of nitrogens with two attached hydrogens (primary N) is 1. The first-order valence-electron chi connectivity index (χ1n) is 9.03. The second-order valence-electron chi connectivity index (χ2n) is 6.48. The molecule has 1 aromatic rings. The van der Waals surface area contributed by atoms with Crippen molar-refractivity contribution < 1.29 is 23.8 Å². The van der Waals surface area contributed by atoms with Crippen LogP contribution in [-0.2, 0) is 4.79 Å². The fraction of sp³-hybridized carbons (Fsp3) is 0.579. The standard InChI is InChI=1S/C19H28N2O5/c1-24-15-10-13(11-16(25-2)18(15)26-12-17(20)22)19(23)21-14-8-6-4-3-5-7-9-14/h10-11,14H,3-9,12H2,1-2H3,(H2,20,22)(H,21,23). The van der Waals surface area contributed by atoms with E-state index in [1.165, 1.54) is 33.5 Å². The first kappa shape index (κ1) is 19.9. The van der Waals surface area contributed by atoms with Crippen LogP contribution in [0.15, 0.2) is 12.1 Å². The van der Waals surface area contributed by atoms with Gasteiger partial charge in [-0.25, -0.2) is 0 Å². The van der Waals surface area contributed by atoms with Crippen LogP contribution in [-0.4, -0.2) is 38.7 Å². The summed E-state index contributed by atoms with van der Waals surface area (Å²) >= 11 is 0. The summed E-state index contributed by atoms with van der Waals surface area (Å²) in [5.74, 6) is 0.0898. The fourth-order valence-corrected chi connectivity index (χ4v) is 3.17. The Labute approximate surface area is 154 Å². The molecule has 0 radical (unpaired) electrons. The lowest BCUT2D eigenvalue weighted by Gasteiger charge is -2.21. The number of benzene rings is 1. The molecule has 1 aromatic carbocycles. The Hall–Kier alpha value is -2.44. The highest BCUT2D eigenvalue weighted by Crippen LogP contribution is 2.38. The number of amides is 2. The van der Waals surface area contributed by atoms with Gasteiger partial charge in [0.15, 0.2) is 18.1 Å². The van der Waals surface area contributed by atoms with Gasteiger partial charge in [0.2, 0.25) is 5.75 Å². The molecule has 0 saturated heterocycles. The van der Waals surface area contributed by atoms with E-state index in [1.54, 1.807) is 12.1 Å². The lowest BCUT2D eigenvalue weighted by Crippen LogP contribution is -2.35. The van der Waals surface area contributed by atoms with E-state index in [1.807, 2.05) is 0 Å². The molecular formula is C19H28N2O5. The van der Waals surface area contributed by atoms with Crippen LogP contribution in [0.2, 0.25) is 0 Å². The van der Waals surface area contributed by atoms with E-state index < -0.39 is 5.91 Å². The maximum Gasteiger partial charge on any atom is 0.255 e. The van der Waals surface area contributed by atoms with Crippen LogP contribution in [0.3, 0.4) is 0 Å². The summed E-state index contributed by atoms with van der Waals surface area (Å²) in [6, 6.07) is 3.35. The first-order chi connectivity index (χ1) is 12.5. The number of rotatable bonds is 7. The Bertz CT molecular complexity index is 599. The highest BCUT2D eigenvalue weighted by molar-refractivity contribution is 5.95. The van der Waals surface area contributed by atoms with E-state index in [0.29, 0.717) is 17.1 Å². The minimum absolute atomic E-state index is 0.173. The van der Waals surface area contributed by atoms with Crippen molar-refractivity contribution in [1.29, 1.82) is 0 Å². The number of carbonyl (C=O) groups is 2. The Kier molecular flexibility index (Phi) is 7.56. The van der Waals surface area contributed by atoms with E-state index in [2.05, 4.69) is 5.32 Å². The summed E-state index contributed by atoms with van der Waals surface area (Å²) < 4.78 is 16.0. The second-order valence-corrected chi connectivity index (χ2v) is 6.48. The summed E-state index contributed by atoms with van der Waals surface area (Å²) in [4.78, 5) is 23.7. The van der Waals surface area contributed by atoms with E-state index in [0.717, 1.165) is 25.7 Å². The van der Waals surface area contributed by atoms with Gasteiger partial charge in [-0.2, -0.15) is 0 Å². The molecule has 0 heterocycles. The van der Waals surface area contributed by atoms with Crippen LogP contribution in [0.1, 0.15) is 55.3 Å². The third-order valence-electron chi connectivity index (χ3n) is 4.52. The molecule has 7 nitrogen and oxygen atoms in total. The van der Waals surface area contributed by atoms with Crippen molar-refractivity contribution in [2.45, 2.75) is 51.0 Å². The molecule has 0 atom stereocenters. The van der Waals surface area contributed by atoms with E-state index >= 15 is 0 Å². The smallest absolute Gasteiger partial charge is 0.255 e. The van der Waals surface area contributed by atoms with Gasteiger partial charge in [0.25, 0.3) is 11.8 Å². The molecule has 2 rings (SSSR count). The topological polar surface area (TPSA) is 99.9 Å². The van der Waals surface area contributed by atoms with Gasteiger partial charge < -0.3 is 25.3 Å². The summed E-state index contributed by atoms with van der Waals surface area (Å²) in [6.45, 7) is -0.305. The molecule has 1 aliphatic carbocycles. The molecule has 0 spiro atoms. The molecule has 1 saturated carbocycles. The Morgan fingerprint density at radius 1 is 1.04 bits per heavy atom. The Balaban J connectivity index is 2.16. The predicted molar refractivity (Wildman–Crippen MR) is 97.8 cm³/mol. The normalized spacial score (nSPS) is 15.5. The van der Waals surface area contributed by atoms with Crippen LogP contribution in [0.5, 0.6) is 17.2 Å². The van der Waals surface area contributed by atoms with Crippen LogP contribution in [0, 0.1) is 0 Å². The highest BCUT2D eigenvalue weighted by atomic mass is 16.5. The molecule has 3 N–H and O–H groups in total. The second kappa shape index (κ2) is 9.89. The quantitative estimate of drug-likeness (QED) is 0.774. The SMILES string of the molecule is COc1cc(C(=O)NC2CCCCCCC2)cc(OC)c1OCC(N)=O. The molecule has 26 heavy (non-hydrogen) atoms. The van der Waals surface area contributed by atoms with Gasteiger partial charge in [0.05, 0.1) is 14.2 Å². The van der Waals surface area contributed by atoms with Crippen LogP contribution >= 0.6 is 0 Å². The van der Waals surface area contributed by atoms with Crippen LogP contribution in [0.4, 0.5) is 0 Å². The summed E-state index contributed by atoms with van der Waals surface area (Å²) in [5.41, 5.74) is 5.54. The van der Waals surface area contributed by atoms with Crippen molar-refractivity contribution in [1.82, 2.24) is 5.32 Å². The summed E-state index contributed by atoms with van der Waals surface area (Å²) in [7, 11) is 2.92. The largest absolute Gasteiger partial charge is 0.493 e. The maximum absolute atomic E-state index is 12.7. The monoisotopic (exact) mass is 364 g/mol. The third kappa shape index (κ3) is 5.54. The summed E-state index contributed by atoms with van der Waals surface area (Å²) in [5, 5.41) is 3.11. The molecule has 7 heteroatoms. The molecule has 1 fully saturated rings. The van der Waals surface area contributed by atoms with Gasteiger partial charge in [0, 0.05) is 11.6 Å². The van der Waals surface area contributed by atoms with Gasteiger partial charge >= 0.3 is 0 Å². The number of carbonyl (C=O) groups excluding carboxylic acids is 2. The number of ether oxygens (including phenoxy) is 3. The number of primary amides is 1. The van der Waals surface area contributed by atoms with Crippen molar-refractivity contribution in [2.75, 3.05) is 20.8 Å². The van der Waals surface area contributed by atoms with Crippen molar-refractivity contribution in [3.8, 4) is 17.2 Å². The van der Waals surface area contributed by atoms with Gasteiger partial charge in [-0.05, 0) is 25.0 Å². The van der Waals surface area contributed by atoms with Crippen molar-refractivity contribution in [3.63, 3.8) is 0 Å². The fourth-order valence-electron chi connectivity index (χ4n) is 3.17. The molecular weight excluding hydrogens is 336 g/mol. The van der Waals surface area contributed by atoms with E-state index in [9.17, 15) is 9.59 Å². The first-order valence-corrected chi connectivity index (χ1v) is 9.03. The molecule has 1 aliphatic rings.